The minimum absolute atomic E-state index is 0.100. The van der Waals surface area contributed by atoms with E-state index in [9.17, 15) is 4.79 Å². The quantitative estimate of drug-likeness (QED) is 0.432. The Hall–Kier alpha value is -4.18. The summed E-state index contributed by atoms with van der Waals surface area (Å²) < 4.78 is 19.1. The van der Waals surface area contributed by atoms with Gasteiger partial charge in [0.25, 0.3) is 5.91 Å². The molecule has 0 saturated carbocycles. The summed E-state index contributed by atoms with van der Waals surface area (Å²) in [5.74, 6) is 1.20. The normalized spacial score (nSPS) is 10.8. The zero-order valence-electron chi connectivity index (χ0n) is 17.7. The number of fused-ring (bicyclic) bond motifs is 3. The van der Waals surface area contributed by atoms with E-state index in [0.29, 0.717) is 42.2 Å². The molecule has 0 atom stereocenters. The smallest absolute Gasteiger partial charge is 0.251 e. The number of rotatable bonds is 9. The van der Waals surface area contributed by atoms with E-state index in [2.05, 4.69) is 0 Å². The van der Waals surface area contributed by atoms with Crippen molar-refractivity contribution in [3.63, 3.8) is 0 Å². The fourth-order valence-electron chi connectivity index (χ4n) is 3.79. The van der Waals surface area contributed by atoms with Gasteiger partial charge in [0.2, 0.25) is 0 Å². The van der Waals surface area contributed by atoms with Crippen LogP contribution in [-0.2, 0) is 6.42 Å². The number of carbonyl (C=O) groups excluding carboxylic acids is 1. The van der Waals surface area contributed by atoms with Crippen LogP contribution in [0.3, 0.4) is 0 Å². The molecule has 7 nitrogen and oxygen atoms in total. The fraction of sp³-hybridized carbons (Fsp3) is 0.200. The van der Waals surface area contributed by atoms with E-state index >= 15 is 0 Å². The number of amides is 1. The maximum Gasteiger partial charge on any atom is 0.251 e. The van der Waals surface area contributed by atoms with Crippen molar-refractivity contribution in [1.29, 1.82) is 5.26 Å². The average molecular weight is 429 g/mol. The van der Waals surface area contributed by atoms with Gasteiger partial charge in [0.05, 0.1) is 30.5 Å². The molecule has 0 aliphatic heterocycles. The van der Waals surface area contributed by atoms with E-state index in [1.807, 2.05) is 65.9 Å². The van der Waals surface area contributed by atoms with Crippen LogP contribution in [0, 0.1) is 11.3 Å². The molecule has 0 fully saturated rings. The van der Waals surface area contributed by atoms with Crippen LogP contribution in [0.25, 0.3) is 16.4 Å². The van der Waals surface area contributed by atoms with E-state index in [-0.39, 0.29) is 6.61 Å². The lowest BCUT2D eigenvalue weighted by Gasteiger charge is -2.13. The van der Waals surface area contributed by atoms with Crippen LogP contribution < -0.4 is 19.9 Å². The fourth-order valence-corrected chi connectivity index (χ4v) is 3.79. The Bertz CT molecular complexity index is 1320. The summed E-state index contributed by atoms with van der Waals surface area (Å²) in [6.45, 7) is 2.81. The molecule has 4 aromatic rings. The Morgan fingerprint density at radius 3 is 2.69 bits per heavy atom. The largest absolute Gasteiger partial charge is 0.494 e. The Morgan fingerprint density at radius 2 is 1.91 bits per heavy atom. The number of aromatic nitrogens is 1. The molecule has 7 heteroatoms. The van der Waals surface area contributed by atoms with Gasteiger partial charge in [-0.1, -0.05) is 30.3 Å². The summed E-state index contributed by atoms with van der Waals surface area (Å²) in [5, 5.41) is 9.63. The molecule has 0 saturated heterocycles. The molecule has 2 aromatic carbocycles. The maximum absolute atomic E-state index is 12.4. The topological polar surface area (TPSA) is 99.0 Å². The van der Waals surface area contributed by atoms with Crippen molar-refractivity contribution in [3.05, 3.63) is 71.9 Å². The lowest BCUT2D eigenvalue weighted by molar-refractivity contribution is 0.100. The van der Waals surface area contributed by atoms with Gasteiger partial charge in [0.1, 0.15) is 28.8 Å². The number of hydrogen-bond acceptors (Lipinski definition) is 5. The zero-order valence-corrected chi connectivity index (χ0v) is 17.7. The highest BCUT2D eigenvalue weighted by Crippen LogP contribution is 2.35. The van der Waals surface area contributed by atoms with Crippen LogP contribution in [0.1, 0.15) is 22.8 Å². The molecule has 0 bridgehead atoms. The first kappa shape index (κ1) is 21.1. The Labute approximate surface area is 185 Å². The molecule has 0 unspecified atom stereocenters. The number of nitrogens with zero attached hydrogens (tertiary/aromatic N) is 2. The molecular weight excluding hydrogens is 406 g/mol. The average Bonchev–Trinajstić information content (AvgIpc) is 3.13. The van der Waals surface area contributed by atoms with Gasteiger partial charge in [-0.15, -0.1) is 0 Å². The van der Waals surface area contributed by atoms with Crippen molar-refractivity contribution in [2.75, 3.05) is 19.8 Å². The van der Waals surface area contributed by atoms with Crippen LogP contribution in [0.15, 0.2) is 60.8 Å². The lowest BCUT2D eigenvalue weighted by atomic mass is 10.1. The van der Waals surface area contributed by atoms with Crippen LogP contribution in [-0.4, -0.2) is 30.1 Å². The number of pyridine rings is 1. The van der Waals surface area contributed by atoms with Crippen molar-refractivity contribution in [2.24, 2.45) is 5.73 Å². The number of hydrogen-bond donors (Lipinski definition) is 1. The van der Waals surface area contributed by atoms with Gasteiger partial charge in [-0.2, -0.15) is 5.26 Å². The SMILES string of the molecule is CCOc1cccc(CCOc2cc(OCC#N)cn3c2c(C(N)=O)c2ccccc23)c1. The first-order valence-corrected chi connectivity index (χ1v) is 10.3. The van der Waals surface area contributed by atoms with Gasteiger partial charge in [0, 0.05) is 17.9 Å². The standard InChI is InChI=1S/C25H23N3O4/c1-2-30-18-7-5-6-17(14-18)10-12-32-22-15-19(31-13-11-26)16-28-21-9-4-3-8-20(21)23(24(22)28)25(27)29/h3-9,14-16H,2,10,12-13H2,1H3,(H2,27,29). The highest BCUT2D eigenvalue weighted by molar-refractivity contribution is 6.14. The third-order valence-electron chi connectivity index (χ3n) is 5.08. The van der Waals surface area contributed by atoms with Crippen LogP contribution >= 0.6 is 0 Å². The van der Waals surface area contributed by atoms with Gasteiger partial charge in [-0.05, 0) is 30.7 Å². The number of primary amides is 1. The van der Waals surface area contributed by atoms with E-state index in [0.717, 1.165) is 22.2 Å². The number of nitriles is 1. The molecule has 0 radical (unpaired) electrons. The molecular formula is C25H23N3O4. The lowest BCUT2D eigenvalue weighted by Crippen LogP contribution is -2.12. The summed E-state index contributed by atoms with van der Waals surface area (Å²) in [5.41, 5.74) is 8.58. The minimum atomic E-state index is -0.538. The second-order valence-electron chi connectivity index (χ2n) is 7.14. The Kier molecular flexibility index (Phi) is 6.13. The second kappa shape index (κ2) is 9.31. The molecule has 0 aliphatic carbocycles. The third-order valence-corrected chi connectivity index (χ3v) is 5.08. The van der Waals surface area contributed by atoms with Gasteiger partial charge in [-0.25, -0.2) is 0 Å². The molecule has 1 amide bonds. The van der Waals surface area contributed by atoms with E-state index in [1.54, 1.807) is 12.3 Å². The van der Waals surface area contributed by atoms with E-state index in [1.165, 1.54) is 0 Å². The predicted molar refractivity (Wildman–Crippen MR) is 121 cm³/mol. The molecule has 4 rings (SSSR count). The van der Waals surface area contributed by atoms with Gasteiger partial charge >= 0.3 is 0 Å². The zero-order chi connectivity index (χ0) is 22.5. The Balaban J connectivity index is 1.72. The predicted octanol–water partition coefficient (Wildman–Crippen LogP) is 4.11. The molecule has 2 N–H and O–H groups in total. The highest BCUT2D eigenvalue weighted by Gasteiger charge is 2.21. The van der Waals surface area contributed by atoms with Gasteiger partial charge in [-0.3, -0.25) is 4.79 Å². The number of nitrogens with two attached hydrogens (primary N) is 1. The number of ether oxygens (including phenoxy) is 3. The Morgan fingerprint density at radius 1 is 1.06 bits per heavy atom. The second-order valence-corrected chi connectivity index (χ2v) is 7.14. The van der Waals surface area contributed by atoms with Crippen molar-refractivity contribution >= 4 is 22.3 Å². The number of benzene rings is 2. The first-order chi connectivity index (χ1) is 15.6. The van der Waals surface area contributed by atoms with Gasteiger partial charge < -0.3 is 24.3 Å². The van der Waals surface area contributed by atoms with Gasteiger partial charge in [0.15, 0.2) is 6.61 Å². The molecule has 2 heterocycles. The van der Waals surface area contributed by atoms with Crippen LogP contribution in [0.4, 0.5) is 0 Å². The molecule has 162 valence electrons. The van der Waals surface area contributed by atoms with Crippen molar-refractivity contribution in [2.45, 2.75) is 13.3 Å². The molecule has 0 aliphatic rings. The summed E-state index contributed by atoms with van der Waals surface area (Å²) in [7, 11) is 0. The summed E-state index contributed by atoms with van der Waals surface area (Å²) in [6, 6.07) is 19.0. The van der Waals surface area contributed by atoms with Crippen molar-refractivity contribution in [3.8, 4) is 23.3 Å². The van der Waals surface area contributed by atoms with Crippen molar-refractivity contribution in [1.82, 2.24) is 4.40 Å². The van der Waals surface area contributed by atoms with Crippen LogP contribution in [0.5, 0.6) is 17.2 Å². The third kappa shape index (κ3) is 4.16. The monoisotopic (exact) mass is 429 g/mol. The highest BCUT2D eigenvalue weighted by atomic mass is 16.5. The summed E-state index contributed by atoms with van der Waals surface area (Å²) >= 11 is 0. The minimum Gasteiger partial charge on any atom is -0.494 e. The maximum atomic E-state index is 12.4. The first-order valence-electron chi connectivity index (χ1n) is 10.3. The summed E-state index contributed by atoms with van der Waals surface area (Å²) in [6.07, 6.45) is 2.38. The summed E-state index contributed by atoms with van der Waals surface area (Å²) in [4.78, 5) is 12.4. The molecule has 32 heavy (non-hydrogen) atoms. The van der Waals surface area contributed by atoms with E-state index < -0.39 is 5.91 Å². The number of para-hydroxylation sites is 1. The number of carbonyl (C=O) groups is 1. The van der Waals surface area contributed by atoms with E-state index in [4.69, 9.17) is 25.2 Å². The van der Waals surface area contributed by atoms with Crippen LogP contribution in [0.2, 0.25) is 0 Å². The molecule has 2 aromatic heterocycles. The molecule has 0 spiro atoms. The van der Waals surface area contributed by atoms with Crippen molar-refractivity contribution < 1.29 is 19.0 Å².